The van der Waals surface area contributed by atoms with Gasteiger partial charge in [0, 0.05) is 44.1 Å². The monoisotopic (exact) mass is 341 g/mol. The minimum Gasteiger partial charge on any atom is -0.465 e. The van der Waals surface area contributed by atoms with Crippen LogP contribution >= 0.6 is 0 Å². The fourth-order valence-electron chi connectivity index (χ4n) is 2.26. The third-order valence-corrected chi connectivity index (χ3v) is 3.63. The summed E-state index contributed by atoms with van der Waals surface area (Å²) in [5, 5.41) is 5.99. The molecule has 0 atom stereocenters. The van der Waals surface area contributed by atoms with Crippen LogP contribution in [0.1, 0.15) is 16.8 Å². The van der Waals surface area contributed by atoms with Gasteiger partial charge in [-0.15, -0.1) is 0 Å². The predicted octanol–water partition coefficient (Wildman–Crippen LogP) is 2.98. The Bertz CT molecular complexity index is 727. The van der Waals surface area contributed by atoms with Gasteiger partial charge in [-0.2, -0.15) is 0 Å². The highest BCUT2D eigenvalue weighted by Crippen LogP contribution is 2.16. The summed E-state index contributed by atoms with van der Waals surface area (Å²) in [6.07, 6.45) is 0.317. The molecule has 25 heavy (non-hydrogen) atoms. The largest absolute Gasteiger partial charge is 0.465 e. The lowest BCUT2D eigenvalue weighted by Gasteiger charge is -2.13. The maximum Gasteiger partial charge on any atom is 0.337 e. The molecule has 0 heterocycles. The lowest BCUT2D eigenvalue weighted by molar-refractivity contribution is -0.115. The van der Waals surface area contributed by atoms with Gasteiger partial charge in [-0.25, -0.2) is 4.79 Å². The fourth-order valence-corrected chi connectivity index (χ4v) is 2.26. The second-order valence-corrected chi connectivity index (χ2v) is 5.74. The quantitative estimate of drug-likeness (QED) is 0.758. The van der Waals surface area contributed by atoms with Gasteiger partial charge in [0.2, 0.25) is 5.91 Å². The fraction of sp³-hybridized carbons (Fsp3) is 0.263. The van der Waals surface area contributed by atoms with Crippen molar-refractivity contribution in [3.05, 3.63) is 54.1 Å². The van der Waals surface area contributed by atoms with Gasteiger partial charge < -0.3 is 20.3 Å². The molecule has 2 aromatic carbocycles. The number of ether oxygens (including phenoxy) is 1. The number of carbonyl (C=O) groups is 2. The third-order valence-electron chi connectivity index (χ3n) is 3.63. The van der Waals surface area contributed by atoms with Crippen LogP contribution in [0.4, 0.5) is 17.1 Å². The molecule has 6 heteroatoms. The van der Waals surface area contributed by atoms with Gasteiger partial charge in [-0.1, -0.05) is 6.07 Å². The van der Waals surface area contributed by atoms with Gasteiger partial charge >= 0.3 is 5.97 Å². The molecular weight excluding hydrogens is 318 g/mol. The van der Waals surface area contributed by atoms with Crippen molar-refractivity contribution in [3.63, 3.8) is 0 Å². The molecule has 2 N–H and O–H groups in total. The van der Waals surface area contributed by atoms with E-state index in [2.05, 4.69) is 15.4 Å². The summed E-state index contributed by atoms with van der Waals surface area (Å²) in [7, 11) is 5.28. The molecule has 0 unspecified atom stereocenters. The molecule has 0 spiro atoms. The van der Waals surface area contributed by atoms with Crippen molar-refractivity contribution in [1.82, 2.24) is 0 Å². The van der Waals surface area contributed by atoms with Crippen molar-refractivity contribution in [2.24, 2.45) is 0 Å². The molecule has 0 radical (unpaired) electrons. The van der Waals surface area contributed by atoms with Crippen molar-refractivity contribution in [1.29, 1.82) is 0 Å². The first-order chi connectivity index (χ1) is 12.0. The van der Waals surface area contributed by atoms with Gasteiger partial charge in [0.15, 0.2) is 0 Å². The van der Waals surface area contributed by atoms with Crippen LogP contribution in [-0.2, 0) is 9.53 Å². The molecule has 132 valence electrons. The van der Waals surface area contributed by atoms with E-state index in [1.54, 1.807) is 18.2 Å². The van der Waals surface area contributed by atoms with Crippen LogP contribution in [0.15, 0.2) is 48.5 Å². The molecule has 0 aliphatic carbocycles. The number of hydrogen-bond donors (Lipinski definition) is 2. The standard InChI is InChI=1S/C19H23N3O3/c1-22(2)17-9-7-15(8-10-17)21-18(23)11-12-20-16-6-4-5-14(13-16)19(24)25-3/h4-10,13,20H,11-12H2,1-3H3,(H,21,23). The van der Waals surface area contributed by atoms with Gasteiger partial charge in [0.05, 0.1) is 12.7 Å². The number of nitrogens with zero attached hydrogens (tertiary/aromatic N) is 1. The number of carbonyl (C=O) groups excluding carboxylic acids is 2. The van der Waals surface area contributed by atoms with E-state index in [0.29, 0.717) is 18.5 Å². The summed E-state index contributed by atoms with van der Waals surface area (Å²) in [6.45, 7) is 0.465. The molecular formula is C19H23N3O3. The van der Waals surface area contributed by atoms with Crippen molar-refractivity contribution in [2.45, 2.75) is 6.42 Å². The smallest absolute Gasteiger partial charge is 0.337 e. The first-order valence-corrected chi connectivity index (χ1v) is 7.99. The van der Waals surface area contributed by atoms with E-state index in [9.17, 15) is 9.59 Å². The molecule has 0 bridgehead atoms. The summed E-state index contributed by atoms with van der Waals surface area (Å²) in [5.74, 6) is -0.461. The van der Waals surface area contributed by atoms with Crippen molar-refractivity contribution in [2.75, 3.05) is 43.3 Å². The topological polar surface area (TPSA) is 70.7 Å². The van der Waals surface area contributed by atoms with E-state index in [-0.39, 0.29) is 11.9 Å². The zero-order valence-electron chi connectivity index (χ0n) is 14.7. The third kappa shape index (κ3) is 5.53. The van der Waals surface area contributed by atoms with E-state index in [0.717, 1.165) is 17.1 Å². The number of rotatable bonds is 7. The van der Waals surface area contributed by atoms with Crippen LogP contribution in [0.25, 0.3) is 0 Å². The van der Waals surface area contributed by atoms with Crippen molar-refractivity contribution in [3.8, 4) is 0 Å². The van der Waals surface area contributed by atoms with Gasteiger partial charge in [0.1, 0.15) is 0 Å². The molecule has 2 aromatic rings. The number of hydrogen-bond acceptors (Lipinski definition) is 5. The maximum atomic E-state index is 12.0. The first kappa shape index (κ1) is 18.3. The van der Waals surface area contributed by atoms with Gasteiger partial charge in [0.25, 0.3) is 0 Å². The van der Waals surface area contributed by atoms with E-state index in [1.807, 2.05) is 49.3 Å². The van der Waals surface area contributed by atoms with Gasteiger partial charge in [-0.05, 0) is 42.5 Å². The number of methoxy groups -OCH3 is 1. The molecule has 1 amide bonds. The van der Waals surface area contributed by atoms with E-state index < -0.39 is 0 Å². The van der Waals surface area contributed by atoms with Crippen LogP contribution in [0.2, 0.25) is 0 Å². The number of esters is 1. The molecule has 0 fully saturated rings. The van der Waals surface area contributed by atoms with E-state index in [4.69, 9.17) is 0 Å². The summed E-state index contributed by atoms with van der Waals surface area (Å²) in [6, 6.07) is 14.6. The molecule has 2 rings (SSSR count). The van der Waals surface area contributed by atoms with Crippen molar-refractivity contribution < 1.29 is 14.3 Å². The van der Waals surface area contributed by atoms with Crippen LogP contribution in [0.5, 0.6) is 0 Å². The Kier molecular flexibility index (Phi) is 6.39. The summed E-state index contributed by atoms with van der Waals surface area (Å²) in [5.41, 5.74) is 3.08. The normalized spacial score (nSPS) is 10.0. The summed E-state index contributed by atoms with van der Waals surface area (Å²) < 4.78 is 4.69. The zero-order valence-corrected chi connectivity index (χ0v) is 14.7. The zero-order chi connectivity index (χ0) is 18.2. The highest BCUT2D eigenvalue weighted by molar-refractivity contribution is 5.91. The Hall–Kier alpha value is -3.02. The number of amides is 1. The highest BCUT2D eigenvalue weighted by Gasteiger charge is 2.06. The second kappa shape index (κ2) is 8.73. The van der Waals surface area contributed by atoms with Crippen LogP contribution in [-0.4, -0.2) is 39.6 Å². The minimum absolute atomic E-state index is 0.0748. The van der Waals surface area contributed by atoms with E-state index in [1.165, 1.54) is 7.11 Å². The van der Waals surface area contributed by atoms with Crippen LogP contribution < -0.4 is 15.5 Å². The van der Waals surface area contributed by atoms with Crippen molar-refractivity contribution >= 4 is 28.9 Å². The molecule has 0 aliphatic rings. The SMILES string of the molecule is COC(=O)c1cccc(NCCC(=O)Nc2ccc(N(C)C)cc2)c1. The Morgan fingerprint density at radius 1 is 1.04 bits per heavy atom. The average Bonchev–Trinajstić information content (AvgIpc) is 2.61. The Morgan fingerprint density at radius 2 is 1.76 bits per heavy atom. The molecule has 0 saturated heterocycles. The molecule has 0 aliphatic heterocycles. The van der Waals surface area contributed by atoms with Gasteiger partial charge in [-0.3, -0.25) is 4.79 Å². The number of benzene rings is 2. The Morgan fingerprint density at radius 3 is 2.40 bits per heavy atom. The number of anilines is 3. The maximum absolute atomic E-state index is 12.0. The molecule has 6 nitrogen and oxygen atoms in total. The summed E-state index contributed by atoms with van der Waals surface area (Å²) >= 11 is 0. The average molecular weight is 341 g/mol. The highest BCUT2D eigenvalue weighted by atomic mass is 16.5. The Labute approximate surface area is 147 Å². The minimum atomic E-state index is -0.387. The van der Waals surface area contributed by atoms with Crippen LogP contribution in [0, 0.1) is 0 Å². The Balaban J connectivity index is 1.81. The lowest BCUT2D eigenvalue weighted by Crippen LogP contribution is -2.16. The molecule has 0 saturated carbocycles. The first-order valence-electron chi connectivity index (χ1n) is 7.99. The van der Waals surface area contributed by atoms with Crippen LogP contribution in [0.3, 0.4) is 0 Å². The summed E-state index contributed by atoms with van der Waals surface area (Å²) in [4.78, 5) is 25.5. The number of nitrogens with one attached hydrogen (secondary N) is 2. The lowest BCUT2D eigenvalue weighted by atomic mass is 10.2. The predicted molar refractivity (Wildman–Crippen MR) is 100 cm³/mol. The molecule has 0 aromatic heterocycles. The second-order valence-electron chi connectivity index (χ2n) is 5.74. The van der Waals surface area contributed by atoms with E-state index >= 15 is 0 Å².